The van der Waals surface area contributed by atoms with Crippen LogP contribution in [0, 0.1) is 5.92 Å². The molecule has 0 spiro atoms. The fourth-order valence-corrected chi connectivity index (χ4v) is 5.24. The lowest BCUT2D eigenvalue weighted by molar-refractivity contribution is 0.0484. The van der Waals surface area contributed by atoms with Gasteiger partial charge in [-0.2, -0.15) is 0 Å². The normalized spacial score (nSPS) is 27.0. The van der Waals surface area contributed by atoms with E-state index in [4.69, 9.17) is 0 Å². The topological polar surface area (TPSA) is 13.0 Å². The minimum absolute atomic E-state index is 0.722. The lowest BCUT2D eigenvalue weighted by atomic mass is 9.92. The Kier molecular flexibility index (Phi) is 7.80. The first-order valence-corrected chi connectivity index (χ1v) is 11.5. The predicted octanol–water partition coefficient (Wildman–Crippen LogP) is 2.99. The molecule has 0 saturated carbocycles. The highest BCUT2D eigenvalue weighted by Gasteiger charge is 2.28. The molecule has 4 nitrogen and oxygen atoms in total. The summed E-state index contributed by atoms with van der Waals surface area (Å²) in [5.41, 5.74) is 0. The molecule has 3 saturated heterocycles. The van der Waals surface area contributed by atoms with Crippen molar-refractivity contribution in [1.82, 2.24) is 19.6 Å². The van der Waals surface area contributed by atoms with Gasteiger partial charge in [-0.3, -0.25) is 4.90 Å². The number of rotatable bonds is 6. The van der Waals surface area contributed by atoms with Crippen molar-refractivity contribution >= 4 is 0 Å². The van der Waals surface area contributed by atoms with Crippen molar-refractivity contribution in [3.8, 4) is 0 Å². The Hall–Kier alpha value is -0.160. The molecule has 152 valence electrons. The largest absolute Gasteiger partial charge is 0.301 e. The Morgan fingerprint density at radius 1 is 0.654 bits per heavy atom. The quantitative estimate of drug-likeness (QED) is 0.718. The zero-order chi connectivity index (χ0) is 18.5. The predicted molar refractivity (Wildman–Crippen MR) is 112 cm³/mol. The average Bonchev–Trinajstić information content (AvgIpc) is 2.67. The molecule has 26 heavy (non-hydrogen) atoms. The van der Waals surface area contributed by atoms with Crippen LogP contribution in [0.3, 0.4) is 0 Å². The smallest absolute Gasteiger partial charge is 0.0121 e. The third-order valence-electron chi connectivity index (χ3n) is 7.39. The van der Waals surface area contributed by atoms with Gasteiger partial charge in [0.2, 0.25) is 0 Å². The van der Waals surface area contributed by atoms with Crippen LogP contribution in [0.25, 0.3) is 0 Å². The van der Waals surface area contributed by atoms with Crippen LogP contribution in [0.1, 0.15) is 59.8 Å². The van der Waals surface area contributed by atoms with Crippen molar-refractivity contribution in [2.75, 3.05) is 58.9 Å². The minimum atomic E-state index is 0.722. The highest BCUT2D eigenvalue weighted by Crippen LogP contribution is 2.23. The van der Waals surface area contributed by atoms with Crippen LogP contribution in [0.5, 0.6) is 0 Å². The summed E-state index contributed by atoms with van der Waals surface area (Å²) in [5, 5.41) is 0. The molecule has 0 atom stereocenters. The van der Waals surface area contributed by atoms with Crippen LogP contribution in [-0.2, 0) is 0 Å². The summed E-state index contributed by atoms with van der Waals surface area (Å²) in [7, 11) is 0. The maximum absolute atomic E-state index is 2.80. The van der Waals surface area contributed by atoms with Gasteiger partial charge in [-0.15, -0.1) is 0 Å². The molecule has 0 amide bonds. The van der Waals surface area contributed by atoms with E-state index < -0.39 is 0 Å². The number of piperidine rings is 2. The van der Waals surface area contributed by atoms with Crippen LogP contribution in [-0.4, -0.2) is 96.6 Å². The Balaban J connectivity index is 1.30. The van der Waals surface area contributed by atoms with E-state index in [-0.39, 0.29) is 0 Å². The Morgan fingerprint density at radius 2 is 1.15 bits per heavy atom. The van der Waals surface area contributed by atoms with Crippen LogP contribution >= 0.6 is 0 Å². The third-order valence-corrected chi connectivity index (χ3v) is 7.39. The van der Waals surface area contributed by atoms with Gasteiger partial charge in [0.25, 0.3) is 0 Å². The van der Waals surface area contributed by atoms with E-state index in [9.17, 15) is 0 Å². The number of nitrogens with zero attached hydrogens (tertiary/aromatic N) is 4. The second-order valence-corrected chi connectivity index (χ2v) is 9.60. The molecular weight excluding hydrogens is 320 g/mol. The standard InChI is InChI=1S/C22H44N4/c1-19(2)24-11-6-21(7-12-24)5-10-23-15-17-26(18-16-23)22-8-13-25(14-9-22)20(3)4/h19-22H,5-18H2,1-4H3. The van der Waals surface area contributed by atoms with E-state index in [2.05, 4.69) is 47.3 Å². The van der Waals surface area contributed by atoms with Gasteiger partial charge in [-0.1, -0.05) is 0 Å². The molecule has 3 aliphatic rings. The fraction of sp³-hybridized carbons (Fsp3) is 1.00. The molecule has 0 N–H and O–H groups in total. The molecule has 0 aromatic rings. The van der Waals surface area contributed by atoms with Crippen LogP contribution in [0.15, 0.2) is 0 Å². The summed E-state index contributed by atoms with van der Waals surface area (Å²) in [5.74, 6) is 0.975. The molecule has 3 fully saturated rings. The lowest BCUT2D eigenvalue weighted by Gasteiger charge is -2.44. The highest BCUT2D eigenvalue weighted by atomic mass is 15.3. The van der Waals surface area contributed by atoms with E-state index in [1.807, 2.05) is 0 Å². The van der Waals surface area contributed by atoms with Gasteiger partial charge in [0, 0.05) is 44.3 Å². The number of hydrogen-bond donors (Lipinski definition) is 0. The maximum Gasteiger partial charge on any atom is 0.0121 e. The van der Waals surface area contributed by atoms with Crippen molar-refractivity contribution in [2.24, 2.45) is 5.92 Å². The first-order valence-electron chi connectivity index (χ1n) is 11.5. The van der Waals surface area contributed by atoms with E-state index in [1.165, 1.54) is 91.0 Å². The van der Waals surface area contributed by atoms with Crippen LogP contribution < -0.4 is 0 Å². The molecule has 0 unspecified atom stereocenters. The first-order chi connectivity index (χ1) is 12.5. The maximum atomic E-state index is 2.80. The number of hydrogen-bond acceptors (Lipinski definition) is 4. The zero-order valence-electron chi connectivity index (χ0n) is 18.0. The summed E-state index contributed by atoms with van der Waals surface area (Å²) in [4.78, 5) is 10.8. The van der Waals surface area contributed by atoms with Crippen molar-refractivity contribution in [3.63, 3.8) is 0 Å². The molecule has 0 aliphatic carbocycles. The van der Waals surface area contributed by atoms with Gasteiger partial charge in [-0.25, -0.2) is 0 Å². The SMILES string of the molecule is CC(C)N1CCC(CCN2CCN(C3CCN(C(C)C)CC3)CC2)CC1. The summed E-state index contributed by atoms with van der Waals surface area (Å²) < 4.78 is 0. The third kappa shape index (κ3) is 5.67. The van der Waals surface area contributed by atoms with Crippen LogP contribution in [0.4, 0.5) is 0 Å². The summed E-state index contributed by atoms with van der Waals surface area (Å²) in [6.45, 7) is 21.2. The first kappa shape index (κ1) is 20.6. The van der Waals surface area contributed by atoms with Gasteiger partial charge in [0.1, 0.15) is 0 Å². The Bertz CT molecular complexity index is 387. The second kappa shape index (κ2) is 9.86. The van der Waals surface area contributed by atoms with E-state index in [0.717, 1.165) is 24.0 Å². The number of piperazine rings is 1. The minimum Gasteiger partial charge on any atom is -0.301 e. The van der Waals surface area contributed by atoms with E-state index in [0.29, 0.717) is 0 Å². The van der Waals surface area contributed by atoms with Crippen LogP contribution in [0.2, 0.25) is 0 Å². The molecule has 3 heterocycles. The average molecular weight is 365 g/mol. The monoisotopic (exact) mass is 364 g/mol. The van der Waals surface area contributed by atoms with Gasteiger partial charge in [0.05, 0.1) is 0 Å². The van der Waals surface area contributed by atoms with Crippen molar-refractivity contribution < 1.29 is 0 Å². The van der Waals surface area contributed by atoms with E-state index >= 15 is 0 Å². The molecule has 3 aliphatic heterocycles. The Morgan fingerprint density at radius 3 is 1.65 bits per heavy atom. The van der Waals surface area contributed by atoms with Gasteiger partial charge in [0.15, 0.2) is 0 Å². The highest BCUT2D eigenvalue weighted by molar-refractivity contribution is 4.85. The summed E-state index contributed by atoms with van der Waals surface area (Å²) in [6, 6.07) is 2.31. The van der Waals surface area contributed by atoms with Gasteiger partial charge >= 0.3 is 0 Å². The van der Waals surface area contributed by atoms with E-state index in [1.54, 1.807) is 0 Å². The molecule has 0 aromatic heterocycles. The molecule has 0 bridgehead atoms. The number of likely N-dealkylation sites (tertiary alicyclic amines) is 2. The second-order valence-electron chi connectivity index (χ2n) is 9.60. The van der Waals surface area contributed by atoms with Gasteiger partial charge in [-0.05, 0) is 98.4 Å². The van der Waals surface area contributed by atoms with Crippen molar-refractivity contribution in [2.45, 2.75) is 77.9 Å². The van der Waals surface area contributed by atoms with Crippen molar-refractivity contribution in [3.05, 3.63) is 0 Å². The lowest BCUT2D eigenvalue weighted by Crippen LogP contribution is -2.54. The van der Waals surface area contributed by atoms with Gasteiger partial charge < -0.3 is 14.7 Å². The zero-order valence-corrected chi connectivity index (χ0v) is 18.0. The summed E-state index contributed by atoms with van der Waals surface area (Å²) in [6.07, 6.45) is 7.04. The molecule has 4 heteroatoms. The van der Waals surface area contributed by atoms with Crippen molar-refractivity contribution in [1.29, 1.82) is 0 Å². The molecule has 0 radical (unpaired) electrons. The summed E-state index contributed by atoms with van der Waals surface area (Å²) >= 11 is 0. The molecular formula is C22H44N4. The fourth-order valence-electron chi connectivity index (χ4n) is 5.24. The molecule has 3 rings (SSSR count). The Labute approximate surface area is 162 Å². The molecule has 0 aromatic carbocycles.